The molecule has 0 spiro atoms. The van der Waals surface area contributed by atoms with E-state index in [9.17, 15) is 4.79 Å². The van der Waals surface area contributed by atoms with Gasteiger partial charge in [-0.25, -0.2) is 9.97 Å². The van der Waals surface area contributed by atoms with Gasteiger partial charge in [-0.15, -0.1) is 0 Å². The Hall–Kier alpha value is -1.65. The maximum Gasteiger partial charge on any atom is 0.255 e. The number of anilines is 1. The number of fused-ring (bicyclic) bond motifs is 1. The topological polar surface area (TPSA) is 80.9 Å². The third-order valence-corrected chi connectivity index (χ3v) is 1.55. The Morgan fingerprint density at radius 2 is 2.45 bits per heavy atom. The number of nitrogens with two attached hydrogens (primary N) is 1. The van der Waals surface area contributed by atoms with Crippen LogP contribution in [0.25, 0.3) is 0 Å². The summed E-state index contributed by atoms with van der Waals surface area (Å²) in [5.74, 6) is 0.0836. The third-order valence-electron chi connectivity index (χ3n) is 1.55. The molecular weight excluding hydrogens is 144 g/mol. The second-order valence-corrected chi connectivity index (χ2v) is 2.27. The molecule has 0 bridgehead atoms. The van der Waals surface area contributed by atoms with Crippen molar-refractivity contribution >= 4 is 11.9 Å². The van der Waals surface area contributed by atoms with Crippen molar-refractivity contribution in [3.63, 3.8) is 0 Å². The molecule has 0 saturated carbocycles. The van der Waals surface area contributed by atoms with Crippen LogP contribution >= 0.6 is 0 Å². The predicted octanol–water partition coefficient (Wildman–Crippen LogP) is -0.698. The number of aromatic nitrogens is 2. The van der Waals surface area contributed by atoms with Crippen molar-refractivity contribution in [3.8, 4) is 0 Å². The number of rotatable bonds is 0. The Morgan fingerprint density at radius 3 is 3.27 bits per heavy atom. The lowest BCUT2D eigenvalue weighted by atomic mass is 10.3. The Labute approximate surface area is 62.6 Å². The van der Waals surface area contributed by atoms with E-state index in [0.717, 1.165) is 0 Å². The smallest absolute Gasteiger partial charge is 0.255 e. The van der Waals surface area contributed by atoms with Gasteiger partial charge in [0.1, 0.15) is 0 Å². The van der Waals surface area contributed by atoms with E-state index in [-0.39, 0.29) is 11.9 Å². The molecule has 1 amide bonds. The molecule has 5 nitrogen and oxygen atoms in total. The first kappa shape index (κ1) is 6.09. The average Bonchev–Trinajstić information content (AvgIpc) is 2.32. The molecule has 2 heterocycles. The number of hydrogen-bond acceptors (Lipinski definition) is 4. The molecule has 5 heteroatoms. The standard InChI is InChI=1S/C6H6N4O/c7-6-9-1-3-4(10-6)2-8-5(3)11/h1H,2H2,(H,8,11)(H2,7,9,10). The van der Waals surface area contributed by atoms with Gasteiger partial charge in [0.15, 0.2) is 0 Å². The van der Waals surface area contributed by atoms with Gasteiger partial charge in [-0.05, 0) is 0 Å². The van der Waals surface area contributed by atoms with Gasteiger partial charge in [0.2, 0.25) is 5.95 Å². The molecule has 0 unspecified atom stereocenters. The summed E-state index contributed by atoms with van der Waals surface area (Å²) in [6.45, 7) is 0.459. The molecule has 1 aromatic heterocycles. The van der Waals surface area contributed by atoms with E-state index in [1.165, 1.54) is 6.20 Å². The minimum atomic E-state index is -0.125. The van der Waals surface area contributed by atoms with Crippen LogP contribution in [0.4, 0.5) is 5.95 Å². The molecular formula is C6H6N4O. The van der Waals surface area contributed by atoms with Crippen LogP contribution in [0, 0.1) is 0 Å². The van der Waals surface area contributed by atoms with E-state index < -0.39 is 0 Å². The molecule has 11 heavy (non-hydrogen) atoms. The predicted molar refractivity (Wildman–Crippen MR) is 37.6 cm³/mol. The molecule has 1 aromatic rings. The molecule has 0 atom stereocenters. The molecule has 0 aromatic carbocycles. The molecule has 1 aliphatic rings. The fraction of sp³-hybridized carbons (Fsp3) is 0.167. The van der Waals surface area contributed by atoms with Crippen molar-refractivity contribution in [1.29, 1.82) is 0 Å². The van der Waals surface area contributed by atoms with Gasteiger partial charge in [-0.3, -0.25) is 4.79 Å². The van der Waals surface area contributed by atoms with Gasteiger partial charge in [0, 0.05) is 6.20 Å². The Kier molecular flexibility index (Phi) is 1.06. The van der Waals surface area contributed by atoms with Gasteiger partial charge in [0.05, 0.1) is 17.8 Å². The largest absolute Gasteiger partial charge is 0.368 e. The van der Waals surface area contributed by atoms with E-state index in [2.05, 4.69) is 15.3 Å². The quantitative estimate of drug-likeness (QED) is 0.512. The number of hydrogen-bond donors (Lipinski definition) is 2. The van der Waals surface area contributed by atoms with Crippen LogP contribution in [0.1, 0.15) is 16.1 Å². The van der Waals surface area contributed by atoms with Crippen LogP contribution in [0.3, 0.4) is 0 Å². The summed E-state index contributed by atoms with van der Waals surface area (Å²) in [6, 6.07) is 0. The minimum Gasteiger partial charge on any atom is -0.368 e. The Balaban J connectivity index is 2.59. The lowest BCUT2D eigenvalue weighted by Gasteiger charge is -1.93. The van der Waals surface area contributed by atoms with E-state index >= 15 is 0 Å². The van der Waals surface area contributed by atoms with Crippen LogP contribution < -0.4 is 11.1 Å². The lowest BCUT2D eigenvalue weighted by Crippen LogP contribution is -2.12. The summed E-state index contributed by atoms with van der Waals surface area (Å²) in [7, 11) is 0. The zero-order chi connectivity index (χ0) is 7.84. The first-order valence-electron chi connectivity index (χ1n) is 3.17. The highest BCUT2D eigenvalue weighted by Gasteiger charge is 2.20. The van der Waals surface area contributed by atoms with E-state index in [0.29, 0.717) is 17.8 Å². The summed E-state index contributed by atoms with van der Waals surface area (Å²) >= 11 is 0. The highest BCUT2D eigenvalue weighted by molar-refractivity contribution is 5.97. The van der Waals surface area contributed by atoms with E-state index in [1.807, 2.05) is 0 Å². The Bertz CT molecular complexity index is 322. The maximum atomic E-state index is 10.9. The summed E-state index contributed by atoms with van der Waals surface area (Å²) < 4.78 is 0. The number of carbonyl (C=O) groups excluding carboxylic acids is 1. The van der Waals surface area contributed by atoms with Gasteiger partial charge >= 0.3 is 0 Å². The number of nitrogens with one attached hydrogen (secondary N) is 1. The monoisotopic (exact) mass is 150 g/mol. The van der Waals surface area contributed by atoms with Crippen LogP contribution in [0.5, 0.6) is 0 Å². The summed E-state index contributed by atoms with van der Waals surface area (Å²) in [5, 5.41) is 2.62. The zero-order valence-corrected chi connectivity index (χ0v) is 5.66. The summed E-state index contributed by atoms with van der Waals surface area (Å²) in [6.07, 6.45) is 1.44. The number of nitrogens with zero attached hydrogens (tertiary/aromatic N) is 2. The SMILES string of the molecule is Nc1ncc2c(n1)CNC2=O. The molecule has 0 fully saturated rings. The molecule has 3 N–H and O–H groups in total. The summed E-state index contributed by atoms with van der Waals surface area (Å²) in [4.78, 5) is 18.5. The second kappa shape index (κ2) is 1.91. The van der Waals surface area contributed by atoms with Crippen LogP contribution in [0.2, 0.25) is 0 Å². The maximum absolute atomic E-state index is 10.9. The highest BCUT2D eigenvalue weighted by Crippen LogP contribution is 2.11. The number of carbonyl (C=O) groups is 1. The van der Waals surface area contributed by atoms with Crippen molar-refractivity contribution in [2.24, 2.45) is 0 Å². The third kappa shape index (κ3) is 0.813. The van der Waals surface area contributed by atoms with Crippen LogP contribution in [0.15, 0.2) is 6.20 Å². The average molecular weight is 150 g/mol. The van der Waals surface area contributed by atoms with Crippen molar-refractivity contribution in [1.82, 2.24) is 15.3 Å². The zero-order valence-electron chi connectivity index (χ0n) is 5.66. The van der Waals surface area contributed by atoms with Gasteiger partial charge in [-0.2, -0.15) is 0 Å². The fourth-order valence-corrected chi connectivity index (χ4v) is 1.02. The van der Waals surface area contributed by atoms with Crippen molar-refractivity contribution in [3.05, 3.63) is 17.5 Å². The van der Waals surface area contributed by atoms with Crippen LogP contribution in [-0.2, 0) is 6.54 Å². The van der Waals surface area contributed by atoms with Crippen molar-refractivity contribution < 1.29 is 4.79 Å². The fourth-order valence-electron chi connectivity index (χ4n) is 1.02. The van der Waals surface area contributed by atoms with Crippen molar-refractivity contribution in [2.45, 2.75) is 6.54 Å². The number of nitrogen functional groups attached to an aromatic ring is 1. The van der Waals surface area contributed by atoms with E-state index in [1.54, 1.807) is 0 Å². The minimum absolute atomic E-state index is 0.125. The lowest BCUT2D eigenvalue weighted by molar-refractivity contribution is 0.0965. The van der Waals surface area contributed by atoms with Crippen LogP contribution in [-0.4, -0.2) is 15.9 Å². The van der Waals surface area contributed by atoms with Gasteiger partial charge < -0.3 is 11.1 Å². The van der Waals surface area contributed by atoms with Crippen molar-refractivity contribution in [2.75, 3.05) is 5.73 Å². The Morgan fingerprint density at radius 1 is 1.64 bits per heavy atom. The first-order valence-corrected chi connectivity index (χ1v) is 3.17. The molecule has 2 rings (SSSR count). The molecule has 0 aliphatic carbocycles. The molecule has 56 valence electrons. The van der Waals surface area contributed by atoms with Gasteiger partial charge in [0.25, 0.3) is 5.91 Å². The highest BCUT2D eigenvalue weighted by atomic mass is 16.1. The molecule has 0 radical (unpaired) electrons. The van der Waals surface area contributed by atoms with E-state index in [4.69, 9.17) is 5.73 Å². The number of amides is 1. The molecule has 0 saturated heterocycles. The summed E-state index contributed by atoms with van der Waals surface area (Å²) in [5.41, 5.74) is 6.52. The second-order valence-electron chi connectivity index (χ2n) is 2.27. The normalized spacial score (nSPS) is 14.4. The first-order chi connectivity index (χ1) is 5.27. The molecule has 1 aliphatic heterocycles. The van der Waals surface area contributed by atoms with Gasteiger partial charge in [-0.1, -0.05) is 0 Å².